The van der Waals surface area contributed by atoms with E-state index in [2.05, 4.69) is 17.1 Å². The van der Waals surface area contributed by atoms with E-state index in [1.165, 1.54) is 23.5 Å². The predicted octanol–water partition coefficient (Wildman–Crippen LogP) is 6.85. The Morgan fingerprint density at radius 1 is 1.09 bits per heavy atom. The number of hydrogen-bond donors (Lipinski definition) is 2. The zero-order chi connectivity index (χ0) is 32.4. The molecule has 246 valence electrons. The van der Waals surface area contributed by atoms with Gasteiger partial charge >= 0.3 is 5.97 Å². The lowest BCUT2D eigenvalue weighted by atomic mass is 9.87. The summed E-state index contributed by atoms with van der Waals surface area (Å²) in [7, 11) is 0. The second kappa shape index (κ2) is 14.4. The first-order valence-corrected chi connectivity index (χ1v) is 17.6. The molecule has 3 heterocycles. The molecular formula is C35H41ClFN3O5S. The number of nitrogens with one attached hydrogen (secondary N) is 1. The second-order valence-corrected chi connectivity index (χ2v) is 14.5. The number of carbonyl (C=O) groups is 3. The molecule has 2 N–H and O–H groups in total. The molecule has 0 bridgehead atoms. The first-order valence-electron chi connectivity index (χ1n) is 16.3. The Labute approximate surface area is 277 Å². The fraction of sp³-hybridized carbons (Fsp3) is 0.514. The summed E-state index contributed by atoms with van der Waals surface area (Å²) in [5, 5.41) is 14.8. The summed E-state index contributed by atoms with van der Waals surface area (Å²) in [6.07, 6.45) is 5.47. The molecule has 1 aromatic heterocycles. The number of likely N-dealkylation sites (tertiary alicyclic amines) is 2. The molecule has 1 aliphatic carbocycles. The number of amides is 2. The number of carbonyl (C=O) groups excluding carboxylic acids is 2. The third kappa shape index (κ3) is 7.40. The van der Waals surface area contributed by atoms with Gasteiger partial charge in [0.15, 0.2) is 0 Å². The molecule has 3 aliphatic rings. The van der Waals surface area contributed by atoms with Crippen molar-refractivity contribution in [3.8, 4) is 0 Å². The van der Waals surface area contributed by atoms with Gasteiger partial charge in [-0.15, -0.1) is 11.3 Å². The lowest BCUT2D eigenvalue weighted by Crippen LogP contribution is -2.43. The van der Waals surface area contributed by atoms with Crippen molar-refractivity contribution in [2.45, 2.75) is 76.5 Å². The van der Waals surface area contributed by atoms with Gasteiger partial charge in [0.05, 0.1) is 47.4 Å². The summed E-state index contributed by atoms with van der Waals surface area (Å²) in [6.45, 7) is 5.21. The largest absolute Gasteiger partial charge is 0.481 e. The van der Waals surface area contributed by atoms with E-state index in [-0.39, 0.29) is 58.6 Å². The van der Waals surface area contributed by atoms with Crippen molar-refractivity contribution in [3.05, 3.63) is 63.7 Å². The van der Waals surface area contributed by atoms with E-state index < -0.39 is 11.8 Å². The number of anilines is 1. The van der Waals surface area contributed by atoms with Crippen molar-refractivity contribution < 1.29 is 28.6 Å². The Morgan fingerprint density at radius 2 is 1.83 bits per heavy atom. The van der Waals surface area contributed by atoms with Crippen LogP contribution in [0.25, 0.3) is 10.1 Å². The predicted molar refractivity (Wildman–Crippen MR) is 178 cm³/mol. The molecule has 2 aromatic carbocycles. The third-order valence-electron chi connectivity index (χ3n) is 10.0. The van der Waals surface area contributed by atoms with Gasteiger partial charge in [-0.2, -0.15) is 0 Å². The molecular weight excluding hydrogens is 629 g/mol. The highest BCUT2D eigenvalue weighted by atomic mass is 35.5. The first-order chi connectivity index (χ1) is 22.2. The van der Waals surface area contributed by atoms with Crippen molar-refractivity contribution in [2.75, 3.05) is 31.6 Å². The number of aliphatic carboxylic acids is 1. The average Bonchev–Trinajstić information content (AvgIpc) is 3.68. The summed E-state index contributed by atoms with van der Waals surface area (Å²) in [4.78, 5) is 42.5. The topological polar surface area (TPSA) is 99.2 Å². The van der Waals surface area contributed by atoms with E-state index in [1.807, 2.05) is 29.2 Å². The molecule has 0 unspecified atom stereocenters. The lowest BCUT2D eigenvalue weighted by Gasteiger charge is -2.34. The van der Waals surface area contributed by atoms with Gasteiger partial charge in [0.1, 0.15) is 5.82 Å². The number of hydrogen-bond acceptors (Lipinski definition) is 6. The molecule has 46 heavy (non-hydrogen) atoms. The number of piperidine rings is 1. The molecule has 8 nitrogen and oxygen atoms in total. The van der Waals surface area contributed by atoms with Crippen LogP contribution in [0.5, 0.6) is 0 Å². The standard InChI is InChI=1S/C35H41ClFN3O5S/c1-21-10-12-39(13-11-21)24-16-25(19-45-26-8-6-22(7-9-26)35(43)44)40(18-24)33(41)15-23-14-29(36)31(17-30(23)37)38-34(42)28-20-46-32-5-3-2-4-27(28)32/h2-5,14,17,20-22,24-26H,6-13,15-16,18-19H2,1H3,(H,38,42)(H,43,44)/t22-,24-,25-,26-/m0/s1. The monoisotopic (exact) mass is 669 g/mol. The van der Waals surface area contributed by atoms with Gasteiger partial charge in [0.25, 0.3) is 5.91 Å². The highest BCUT2D eigenvalue weighted by Crippen LogP contribution is 2.33. The van der Waals surface area contributed by atoms with Crippen molar-refractivity contribution in [1.29, 1.82) is 0 Å². The van der Waals surface area contributed by atoms with Crippen LogP contribution in [0.2, 0.25) is 5.02 Å². The van der Waals surface area contributed by atoms with Crippen LogP contribution in [-0.2, 0) is 20.7 Å². The van der Waals surface area contributed by atoms with E-state index in [9.17, 15) is 19.5 Å². The Morgan fingerprint density at radius 3 is 2.57 bits per heavy atom. The van der Waals surface area contributed by atoms with E-state index in [0.29, 0.717) is 50.3 Å². The highest BCUT2D eigenvalue weighted by molar-refractivity contribution is 7.17. The van der Waals surface area contributed by atoms with Crippen LogP contribution in [-0.4, -0.2) is 77.1 Å². The van der Waals surface area contributed by atoms with Crippen LogP contribution >= 0.6 is 22.9 Å². The van der Waals surface area contributed by atoms with Gasteiger partial charge in [0, 0.05) is 28.1 Å². The zero-order valence-electron chi connectivity index (χ0n) is 26.1. The Balaban J connectivity index is 1.12. The Bertz CT molecular complexity index is 1580. The van der Waals surface area contributed by atoms with Crippen molar-refractivity contribution in [3.63, 3.8) is 0 Å². The quantitative estimate of drug-likeness (QED) is 0.259. The summed E-state index contributed by atoms with van der Waals surface area (Å²) >= 11 is 7.99. The number of nitrogens with zero attached hydrogens (tertiary/aromatic N) is 2. The summed E-state index contributed by atoms with van der Waals surface area (Å²) in [5.41, 5.74) is 0.822. The molecule has 3 fully saturated rings. The van der Waals surface area contributed by atoms with Gasteiger partial charge in [-0.1, -0.05) is 36.7 Å². The number of rotatable bonds is 9. The van der Waals surface area contributed by atoms with Crippen LogP contribution in [0.1, 0.15) is 67.8 Å². The maximum absolute atomic E-state index is 15.5. The maximum atomic E-state index is 15.5. The van der Waals surface area contributed by atoms with Crippen LogP contribution in [0.4, 0.5) is 10.1 Å². The SMILES string of the molecule is CC1CCN([C@H]2C[C@@H](CO[C@H]3CC[C@H](C(=O)O)CC3)N(C(=O)Cc3cc(Cl)c(NC(=O)c4csc5ccccc45)cc3F)C2)CC1. The van der Waals surface area contributed by atoms with Crippen LogP contribution in [0.15, 0.2) is 41.8 Å². The van der Waals surface area contributed by atoms with Gasteiger partial charge in [-0.25, -0.2) is 4.39 Å². The fourth-order valence-corrected chi connectivity index (χ4v) is 8.34. The van der Waals surface area contributed by atoms with Crippen molar-refractivity contribution in [2.24, 2.45) is 11.8 Å². The molecule has 2 atom stereocenters. The molecule has 1 saturated carbocycles. The summed E-state index contributed by atoms with van der Waals surface area (Å²) < 4.78 is 22.7. The molecule has 11 heteroatoms. The first kappa shape index (κ1) is 32.9. The molecule has 6 rings (SSSR count). The lowest BCUT2D eigenvalue weighted by molar-refractivity contribution is -0.144. The smallest absolute Gasteiger partial charge is 0.306 e. The van der Waals surface area contributed by atoms with E-state index in [4.69, 9.17) is 16.3 Å². The third-order valence-corrected chi connectivity index (χ3v) is 11.3. The Hall–Kier alpha value is -3.05. The number of halogens is 2. The number of thiophene rings is 1. The van der Waals surface area contributed by atoms with E-state index >= 15 is 4.39 Å². The Kier molecular flexibility index (Phi) is 10.3. The molecule has 2 saturated heterocycles. The minimum absolute atomic E-state index is 0.0199. The normalized spacial score (nSPS) is 24.4. The van der Waals surface area contributed by atoms with Crippen molar-refractivity contribution in [1.82, 2.24) is 9.80 Å². The van der Waals surface area contributed by atoms with Gasteiger partial charge in [-0.3, -0.25) is 19.3 Å². The van der Waals surface area contributed by atoms with Crippen LogP contribution in [0, 0.1) is 17.7 Å². The molecule has 2 aliphatic heterocycles. The molecule has 0 radical (unpaired) electrons. The van der Waals surface area contributed by atoms with E-state index in [0.717, 1.165) is 42.4 Å². The van der Waals surface area contributed by atoms with Gasteiger partial charge < -0.3 is 20.1 Å². The minimum Gasteiger partial charge on any atom is -0.481 e. The summed E-state index contributed by atoms with van der Waals surface area (Å²) in [6, 6.07) is 10.3. The number of fused-ring (bicyclic) bond motifs is 1. The van der Waals surface area contributed by atoms with Crippen molar-refractivity contribution >= 4 is 56.5 Å². The fourth-order valence-electron chi connectivity index (χ4n) is 7.16. The number of ether oxygens (including phenoxy) is 1. The second-order valence-electron chi connectivity index (χ2n) is 13.2. The van der Waals surface area contributed by atoms with Crippen LogP contribution in [0.3, 0.4) is 0 Å². The number of carboxylic acids is 1. The molecule has 0 spiro atoms. The molecule has 3 aromatic rings. The number of carboxylic acid groups (broad SMARTS) is 1. The van der Waals surface area contributed by atoms with Crippen LogP contribution < -0.4 is 5.32 Å². The number of benzene rings is 2. The summed E-state index contributed by atoms with van der Waals surface area (Å²) in [5.74, 6) is -1.53. The minimum atomic E-state index is -0.747. The van der Waals surface area contributed by atoms with E-state index in [1.54, 1.807) is 5.38 Å². The molecule has 2 amide bonds. The average molecular weight is 670 g/mol. The maximum Gasteiger partial charge on any atom is 0.306 e. The zero-order valence-corrected chi connectivity index (χ0v) is 27.6. The highest BCUT2D eigenvalue weighted by Gasteiger charge is 2.39. The van der Waals surface area contributed by atoms with Gasteiger partial charge in [-0.05, 0) is 87.7 Å². The van der Waals surface area contributed by atoms with Gasteiger partial charge in [0.2, 0.25) is 5.91 Å².